The highest BCUT2D eigenvalue weighted by Gasteiger charge is 2.39. The van der Waals surface area contributed by atoms with Crippen LogP contribution in [0.5, 0.6) is 5.88 Å². The number of nitrogens with one attached hydrogen (secondary N) is 1. The predicted molar refractivity (Wildman–Crippen MR) is 118 cm³/mol. The Labute approximate surface area is 175 Å². The lowest BCUT2D eigenvalue weighted by Gasteiger charge is -2.39. The Kier molecular flexibility index (Phi) is 7.88. The van der Waals surface area contributed by atoms with Crippen molar-refractivity contribution >= 4 is 25.9 Å². The second-order valence-corrected chi connectivity index (χ2v) is 15.2. The van der Waals surface area contributed by atoms with Crippen molar-refractivity contribution < 1.29 is 13.9 Å². The number of aromatic nitrogens is 2. The van der Waals surface area contributed by atoms with Crippen LogP contribution in [0.25, 0.3) is 0 Å². The molecule has 1 aliphatic heterocycles. The molecule has 0 spiro atoms. The standard InChI is InChI=1S/C19H38N4O3SSi/c1-18(2,3)20-13-15(26-28(7,8)19(4,5)6)14-25-17-16(21-27-22-17)23-9-11-24-12-10-23/h15,20H,9-14H2,1-8H3/t15-/m0/s1. The van der Waals surface area contributed by atoms with E-state index in [9.17, 15) is 0 Å². The molecule has 1 N–H and O–H groups in total. The molecule has 0 radical (unpaired) electrons. The summed E-state index contributed by atoms with van der Waals surface area (Å²) in [5, 5.41) is 3.71. The summed E-state index contributed by atoms with van der Waals surface area (Å²) < 4.78 is 27.0. The summed E-state index contributed by atoms with van der Waals surface area (Å²) in [5.74, 6) is 1.43. The summed E-state index contributed by atoms with van der Waals surface area (Å²) in [6.07, 6.45) is -0.0423. The minimum atomic E-state index is -1.91. The van der Waals surface area contributed by atoms with Gasteiger partial charge in [0.15, 0.2) is 8.32 Å². The van der Waals surface area contributed by atoms with E-state index in [2.05, 4.69) is 73.6 Å². The normalized spacial score (nSPS) is 17.6. The molecular formula is C19H38N4O3SSi. The van der Waals surface area contributed by atoms with Gasteiger partial charge >= 0.3 is 0 Å². The number of rotatable bonds is 8. The highest BCUT2D eigenvalue weighted by atomic mass is 32.1. The molecule has 1 saturated heterocycles. The summed E-state index contributed by atoms with van der Waals surface area (Å²) in [6.45, 7) is 22.1. The third-order valence-electron chi connectivity index (χ3n) is 5.29. The first-order chi connectivity index (χ1) is 12.9. The average Bonchev–Trinajstić information content (AvgIpc) is 3.05. The molecule has 1 aliphatic rings. The second kappa shape index (κ2) is 9.38. The SMILES string of the molecule is CC(C)(C)NC[C@@H](COc1nsnc1N1CCOCC1)O[Si](C)(C)C(C)(C)C. The number of morpholine rings is 1. The number of nitrogens with zero attached hydrogens (tertiary/aromatic N) is 3. The maximum atomic E-state index is 6.65. The highest BCUT2D eigenvalue weighted by Crippen LogP contribution is 2.37. The van der Waals surface area contributed by atoms with Crippen molar-refractivity contribution in [2.75, 3.05) is 44.4 Å². The van der Waals surface area contributed by atoms with Crippen molar-refractivity contribution in [1.82, 2.24) is 14.1 Å². The third kappa shape index (κ3) is 6.95. The molecule has 0 aromatic carbocycles. The Bertz CT molecular complexity index is 607. The second-order valence-electron chi connectivity index (χ2n) is 9.93. The van der Waals surface area contributed by atoms with Crippen molar-refractivity contribution in [2.45, 2.75) is 71.3 Å². The van der Waals surface area contributed by atoms with Gasteiger partial charge in [-0.05, 0) is 38.9 Å². The molecule has 0 aliphatic carbocycles. The van der Waals surface area contributed by atoms with Crippen LogP contribution in [0.15, 0.2) is 0 Å². The maximum Gasteiger partial charge on any atom is 0.270 e. The van der Waals surface area contributed by atoms with E-state index in [-0.39, 0.29) is 16.7 Å². The number of hydrogen-bond acceptors (Lipinski definition) is 8. The third-order valence-corrected chi connectivity index (χ3v) is 10.3. The van der Waals surface area contributed by atoms with E-state index in [1.54, 1.807) is 0 Å². The van der Waals surface area contributed by atoms with E-state index in [0.29, 0.717) is 25.7 Å². The molecule has 9 heteroatoms. The molecule has 2 heterocycles. The van der Waals surface area contributed by atoms with Gasteiger partial charge in [-0.2, -0.15) is 4.37 Å². The molecule has 1 atom stereocenters. The maximum absolute atomic E-state index is 6.65. The largest absolute Gasteiger partial charge is 0.472 e. The van der Waals surface area contributed by atoms with Gasteiger partial charge in [-0.3, -0.25) is 0 Å². The van der Waals surface area contributed by atoms with Crippen LogP contribution in [0.3, 0.4) is 0 Å². The van der Waals surface area contributed by atoms with Crippen molar-refractivity contribution in [2.24, 2.45) is 0 Å². The van der Waals surface area contributed by atoms with Gasteiger partial charge in [0.1, 0.15) is 6.61 Å². The van der Waals surface area contributed by atoms with Gasteiger partial charge in [0, 0.05) is 25.2 Å². The molecule has 1 fully saturated rings. The van der Waals surface area contributed by atoms with Crippen LogP contribution in [-0.4, -0.2) is 68.2 Å². The Balaban J connectivity index is 2.05. The molecule has 162 valence electrons. The van der Waals surface area contributed by atoms with Crippen molar-refractivity contribution in [1.29, 1.82) is 0 Å². The molecule has 0 bridgehead atoms. The highest BCUT2D eigenvalue weighted by molar-refractivity contribution is 6.99. The van der Waals surface area contributed by atoms with E-state index < -0.39 is 8.32 Å². The van der Waals surface area contributed by atoms with Gasteiger partial charge in [-0.25, -0.2) is 0 Å². The lowest BCUT2D eigenvalue weighted by atomic mass is 10.1. The first kappa shape index (κ1) is 23.5. The summed E-state index contributed by atoms with van der Waals surface area (Å²) >= 11 is 1.19. The van der Waals surface area contributed by atoms with Gasteiger partial charge in [-0.1, -0.05) is 20.8 Å². The quantitative estimate of drug-likeness (QED) is 0.633. The van der Waals surface area contributed by atoms with Gasteiger partial charge < -0.3 is 24.1 Å². The van der Waals surface area contributed by atoms with Crippen molar-refractivity contribution in [3.05, 3.63) is 0 Å². The Morgan fingerprint density at radius 1 is 1.14 bits per heavy atom. The van der Waals surface area contributed by atoms with Crippen LogP contribution in [0.1, 0.15) is 41.5 Å². The van der Waals surface area contributed by atoms with E-state index in [1.165, 1.54) is 11.7 Å². The molecule has 1 aromatic heterocycles. The summed E-state index contributed by atoms with van der Waals surface area (Å²) in [4.78, 5) is 2.18. The van der Waals surface area contributed by atoms with Gasteiger partial charge in [0.2, 0.25) is 5.82 Å². The van der Waals surface area contributed by atoms with E-state index in [4.69, 9.17) is 13.9 Å². The molecule has 2 rings (SSSR count). The Morgan fingerprint density at radius 3 is 2.36 bits per heavy atom. The lowest BCUT2D eigenvalue weighted by Crippen LogP contribution is -2.50. The molecule has 28 heavy (non-hydrogen) atoms. The van der Waals surface area contributed by atoms with Crippen LogP contribution >= 0.6 is 11.7 Å². The molecule has 7 nitrogen and oxygen atoms in total. The zero-order valence-electron chi connectivity index (χ0n) is 18.8. The molecule has 0 unspecified atom stereocenters. The smallest absolute Gasteiger partial charge is 0.270 e. The predicted octanol–water partition coefficient (Wildman–Crippen LogP) is 3.53. The monoisotopic (exact) mass is 430 g/mol. The van der Waals surface area contributed by atoms with Crippen molar-refractivity contribution in [3.8, 4) is 5.88 Å². The van der Waals surface area contributed by atoms with Gasteiger partial charge in [0.05, 0.1) is 31.0 Å². The fourth-order valence-corrected chi connectivity index (χ4v) is 4.41. The molecule has 0 amide bonds. The number of hydrogen-bond donors (Lipinski definition) is 1. The van der Waals surface area contributed by atoms with E-state index >= 15 is 0 Å². The molecule has 0 saturated carbocycles. The minimum absolute atomic E-state index is 0.0240. The topological polar surface area (TPSA) is 68.7 Å². The van der Waals surface area contributed by atoms with E-state index in [0.717, 1.165) is 25.5 Å². The Morgan fingerprint density at radius 2 is 1.79 bits per heavy atom. The first-order valence-electron chi connectivity index (χ1n) is 10.1. The summed E-state index contributed by atoms with van der Waals surface area (Å²) in [5.41, 5.74) is 0.0240. The molecular weight excluding hydrogens is 392 g/mol. The van der Waals surface area contributed by atoms with Crippen LogP contribution in [0.2, 0.25) is 18.1 Å². The number of ether oxygens (including phenoxy) is 2. The molecule has 1 aromatic rings. The fraction of sp³-hybridized carbons (Fsp3) is 0.895. The van der Waals surface area contributed by atoms with Crippen LogP contribution in [-0.2, 0) is 9.16 Å². The fourth-order valence-electron chi connectivity index (χ4n) is 2.56. The zero-order chi connectivity index (χ0) is 21.0. The van der Waals surface area contributed by atoms with Crippen molar-refractivity contribution in [3.63, 3.8) is 0 Å². The average molecular weight is 431 g/mol. The minimum Gasteiger partial charge on any atom is -0.472 e. The van der Waals surface area contributed by atoms with Crippen LogP contribution in [0.4, 0.5) is 5.82 Å². The lowest BCUT2D eigenvalue weighted by molar-refractivity contribution is 0.104. The summed E-state index contributed by atoms with van der Waals surface area (Å²) in [7, 11) is -1.91. The van der Waals surface area contributed by atoms with Gasteiger partial charge in [0.25, 0.3) is 5.88 Å². The van der Waals surface area contributed by atoms with Gasteiger partial charge in [-0.15, -0.1) is 4.37 Å². The van der Waals surface area contributed by atoms with E-state index in [1.807, 2.05) is 0 Å². The van der Waals surface area contributed by atoms with Crippen LogP contribution in [0, 0.1) is 0 Å². The van der Waals surface area contributed by atoms with Crippen LogP contribution < -0.4 is 15.0 Å². The first-order valence-corrected chi connectivity index (χ1v) is 13.7. The number of anilines is 1. The Hall–Kier alpha value is -0.743. The summed E-state index contributed by atoms with van der Waals surface area (Å²) in [6, 6.07) is 0. The zero-order valence-corrected chi connectivity index (χ0v) is 20.6.